The standard InChI is InChI=1S/C17H20N2O2/c1-21-19-16-11-14(12-7-3-2-4-8-12)13-9-5-6-10-15(13)18-17(16)20/h5-6,9-12H,2-4,7-8H2,1H3,(H,18,19,20). The van der Waals surface area contributed by atoms with Crippen LogP contribution in [0, 0.1) is 0 Å². The minimum absolute atomic E-state index is 0.213. The van der Waals surface area contributed by atoms with Crippen LogP contribution in [-0.2, 0) is 4.84 Å². The molecule has 0 radical (unpaired) electrons. The highest BCUT2D eigenvalue weighted by Crippen LogP contribution is 2.34. The molecule has 1 aromatic carbocycles. The number of aromatic amines is 1. The summed E-state index contributed by atoms with van der Waals surface area (Å²) in [5.74, 6) is 0.495. The van der Waals surface area contributed by atoms with Gasteiger partial charge in [0.15, 0.2) is 5.36 Å². The second-order valence-corrected chi connectivity index (χ2v) is 5.59. The lowest BCUT2D eigenvalue weighted by Crippen LogP contribution is -2.25. The molecule has 4 nitrogen and oxygen atoms in total. The van der Waals surface area contributed by atoms with E-state index in [1.54, 1.807) is 0 Å². The Labute approximate surface area is 123 Å². The molecule has 1 N–H and O–H groups in total. The van der Waals surface area contributed by atoms with E-state index in [-0.39, 0.29) is 5.56 Å². The summed E-state index contributed by atoms with van der Waals surface area (Å²) >= 11 is 0. The van der Waals surface area contributed by atoms with Crippen LogP contribution in [0.25, 0.3) is 10.9 Å². The monoisotopic (exact) mass is 284 g/mol. The van der Waals surface area contributed by atoms with E-state index in [2.05, 4.69) is 16.2 Å². The number of hydrogen-bond donors (Lipinski definition) is 1. The van der Waals surface area contributed by atoms with Gasteiger partial charge in [0.1, 0.15) is 7.11 Å². The maximum atomic E-state index is 12.2. The second-order valence-electron chi connectivity index (χ2n) is 5.59. The van der Waals surface area contributed by atoms with E-state index in [0.29, 0.717) is 11.3 Å². The van der Waals surface area contributed by atoms with Gasteiger partial charge in [-0.25, -0.2) is 0 Å². The van der Waals surface area contributed by atoms with Crippen LogP contribution in [0.4, 0.5) is 0 Å². The van der Waals surface area contributed by atoms with Crippen LogP contribution in [0.5, 0.6) is 0 Å². The molecule has 1 fully saturated rings. The van der Waals surface area contributed by atoms with Crippen molar-refractivity contribution in [1.29, 1.82) is 0 Å². The summed E-state index contributed by atoms with van der Waals surface area (Å²) in [7, 11) is 1.46. The van der Waals surface area contributed by atoms with Gasteiger partial charge in [-0.3, -0.25) is 4.79 Å². The summed E-state index contributed by atoms with van der Waals surface area (Å²) in [5.41, 5.74) is 1.86. The first-order chi connectivity index (χ1) is 10.3. The average Bonchev–Trinajstić information content (AvgIpc) is 2.66. The van der Waals surface area contributed by atoms with Gasteiger partial charge in [0.05, 0.1) is 0 Å². The third kappa shape index (κ3) is 2.84. The molecule has 0 spiro atoms. The van der Waals surface area contributed by atoms with E-state index in [1.807, 2.05) is 24.3 Å². The molecule has 0 bridgehead atoms. The van der Waals surface area contributed by atoms with E-state index in [4.69, 9.17) is 4.84 Å². The van der Waals surface area contributed by atoms with Gasteiger partial charge < -0.3 is 9.82 Å². The minimum Gasteiger partial charge on any atom is -0.398 e. The first-order valence-corrected chi connectivity index (χ1v) is 7.53. The van der Waals surface area contributed by atoms with Crippen molar-refractivity contribution in [1.82, 2.24) is 4.98 Å². The van der Waals surface area contributed by atoms with Crippen LogP contribution in [-0.4, -0.2) is 12.1 Å². The molecular formula is C17H20N2O2. The number of aromatic nitrogens is 1. The quantitative estimate of drug-likeness (QED) is 0.862. The normalized spacial score (nSPS) is 17.1. The van der Waals surface area contributed by atoms with Gasteiger partial charge in [-0.15, -0.1) is 0 Å². The van der Waals surface area contributed by atoms with Crippen LogP contribution < -0.4 is 10.9 Å². The molecule has 1 heterocycles. The van der Waals surface area contributed by atoms with Crippen molar-refractivity contribution < 1.29 is 4.84 Å². The average molecular weight is 284 g/mol. The van der Waals surface area contributed by atoms with E-state index in [1.165, 1.54) is 44.8 Å². The van der Waals surface area contributed by atoms with Crippen molar-refractivity contribution in [3.05, 3.63) is 51.6 Å². The maximum absolute atomic E-state index is 12.2. The zero-order valence-corrected chi connectivity index (χ0v) is 12.3. The van der Waals surface area contributed by atoms with Crippen molar-refractivity contribution in [3.63, 3.8) is 0 Å². The zero-order chi connectivity index (χ0) is 14.7. The summed E-state index contributed by atoms with van der Waals surface area (Å²) < 4.78 is 0. The Hall–Kier alpha value is -2.10. The SMILES string of the molecule is CON=c1cc(C2CCCCC2)c2ccccc2[nH]c1=O. The first-order valence-electron chi connectivity index (χ1n) is 7.53. The van der Waals surface area contributed by atoms with Gasteiger partial charge in [0.2, 0.25) is 0 Å². The lowest BCUT2D eigenvalue weighted by Gasteiger charge is -2.22. The Balaban J connectivity index is 2.32. The second kappa shape index (κ2) is 6.12. The highest BCUT2D eigenvalue weighted by molar-refractivity contribution is 5.81. The lowest BCUT2D eigenvalue weighted by molar-refractivity contribution is 0.199. The number of hydrogen-bond acceptors (Lipinski definition) is 3. The highest BCUT2D eigenvalue weighted by atomic mass is 16.6. The predicted molar refractivity (Wildman–Crippen MR) is 83.0 cm³/mol. The smallest absolute Gasteiger partial charge is 0.277 e. The van der Waals surface area contributed by atoms with Crippen LogP contribution in [0.15, 0.2) is 40.3 Å². The molecule has 0 atom stereocenters. The van der Waals surface area contributed by atoms with E-state index in [0.717, 1.165) is 10.9 Å². The summed E-state index contributed by atoms with van der Waals surface area (Å²) in [6.45, 7) is 0. The summed E-state index contributed by atoms with van der Waals surface area (Å²) in [6.07, 6.45) is 6.16. The molecule has 0 aliphatic heterocycles. The number of nitrogens with zero attached hydrogens (tertiary/aromatic N) is 1. The Morgan fingerprint density at radius 2 is 1.95 bits per heavy atom. The maximum Gasteiger partial charge on any atom is 0.277 e. The molecule has 1 saturated carbocycles. The molecule has 1 aliphatic rings. The third-order valence-electron chi connectivity index (χ3n) is 4.25. The number of nitrogens with one attached hydrogen (secondary N) is 1. The Morgan fingerprint density at radius 1 is 1.19 bits per heavy atom. The van der Waals surface area contributed by atoms with Gasteiger partial charge in [-0.2, -0.15) is 0 Å². The molecule has 3 rings (SSSR count). The number of fused-ring (bicyclic) bond motifs is 1. The van der Waals surface area contributed by atoms with Crippen molar-refractivity contribution in [2.75, 3.05) is 7.11 Å². The Morgan fingerprint density at radius 3 is 2.71 bits per heavy atom. The van der Waals surface area contributed by atoms with E-state index in [9.17, 15) is 4.79 Å². The molecule has 2 aromatic rings. The van der Waals surface area contributed by atoms with Crippen molar-refractivity contribution in [3.8, 4) is 0 Å². The topological polar surface area (TPSA) is 54.4 Å². The number of H-pyrrole nitrogens is 1. The Bertz CT molecular complexity index is 758. The van der Waals surface area contributed by atoms with Crippen molar-refractivity contribution in [2.45, 2.75) is 38.0 Å². The first kappa shape index (κ1) is 13.9. The van der Waals surface area contributed by atoms with Crippen LogP contribution in [0.3, 0.4) is 0 Å². The Kier molecular flexibility index (Phi) is 4.04. The van der Waals surface area contributed by atoms with Gasteiger partial charge in [0.25, 0.3) is 5.56 Å². The number of benzene rings is 1. The molecule has 1 aliphatic carbocycles. The molecular weight excluding hydrogens is 264 g/mol. The molecule has 0 unspecified atom stereocenters. The number of rotatable bonds is 2. The van der Waals surface area contributed by atoms with Gasteiger partial charge in [0, 0.05) is 10.9 Å². The summed E-state index contributed by atoms with van der Waals surface area (Å²) in [5, 5.41) is 5.33. The molecule has 0 amide bonds. The van der Waals surface area contributed by atoms with Crippen LogP contribution in [0.2, 0.25) is 0 Å². The van der Waals surface area contributed by atoms with Gasteiger partial charge >= 0.3 is 0 Å². The fourth-order valence-electron chi connectivity index (χ4n) is 3.24. The van der Waals surface area contributed by atoms with Gasteiger partial charge in [-0.05, 0) is 36.5 Å². The minimum atomic E-state index is -0.213. The van der Waals surface area contributed by atoms with E-state index >= 15 is 0 Å². The third-order valence-corrected chi connectivity index (χ3v) is 4.25. The van der Waals surface area contributed by atoms with Crippen LogP contribution >= 0.6 is 0 Å². The summed E-state index contributed by atoms with van der Waals surface area (Å²) in [6, 6.07) is 9.88. The highest BCUT2D eigenvalue weighted by Gasteiger charge is 2.18. The molecule has 0 saturated heterocycles. The fourth-order valence-corrected chi connectivity index (χ4v) is 3.24. The molecule has 4 heteroatoms. The molecule has 21 heavy (non-hydrogen) atoms. The van der Waals surface area contributed by atoms with E-state index < -0.39 is 0 Å². The van der Waals surface area contributed by atoms with Crippen LogP contribution in [0.1, 0.15) is 43.6 Å². The lowest BCUT2D eigenvalue weighted by atomic mass is 9.83. The van der Waals surface area contributed by atoms with Crippen molar-refractivity contribution in [2.24, 2.45) is 5.16 Å². The van der Waals surface area contributed by atoms with Gasteiger partial charge in [-0.1, -0.05) is 42.6 Å². The fraction of sp³-hybridized carbons (Fsp3) is 0.412. The van der Waals surface area contributed by atoms with Crippen molar-refractivity contribution >= 4 is 10.9 Å². The zero-order valence-electron chi connectivity index (χ0n) is 12.3. The molecule has 1 aromatic heterocycles. The predicted octanol–water partition coefficient (Wildman–Crippen LogP) is 3.04. The summed E-state index contributed by atoms with van der Waals surface area (Å²) in [4.78, 5) is 20.0. The number of para-hydroxylation sites is 1. The molecule has 110 valence electrons. The largest absolute Gasteiger partial charge is 0.398 e.